The van der Waals surface area contributed by atoms with Gasteiger partial charge in [-0.05, 0) is 68.5 Å². The van der Waals surface area contributed by atoms with E-state index >= 15 is 0 Å². The number of amides is 1. The van der Waals surface area contributed by atoms with Crippen LogP contribution in [0.4, 0.5) is 5.82 Å². The Kier molecular flexibility index (Phi) is 6.25. The van der Waals surface area contributed by atoms with Crippen LogP contribution in [-0.2, 0) is 21.2 Å². The monoisotopic (exact) mass is 421 g/mol. The van der Waals surface area contributed by atoms with Gasteiger partial charge in [0.15, 0.2) is 0 Å². The molecule has 1 saturated heterocycles. The van der Waals surface area contributed by atoms with Crippen molar-refractivity contribution in [2.75, 3.05) is 17.8 Å². The lowest BCUT2D eigenvalue weighted by Crippen LogP contribution is -2.36. The summed E-state index contributed by atoms with van der Waals surface area (Å²) in [5.74, 6) is 0.220. The molecule has 1 fully saturated rings. The van der Waals surface area contributed by atoms with Gasteiger partial charge in [0.05, 0.1) is 17.0 Å². The van der Waals surface area contributed by atoms with Crippen molar-refractivity contribution in [3.05, 3.63) is 52.2 Å². The fourth-order valence-electron chi connectivity index (χ4n) is 3.36. The van der Waals surface area contributed by atoms with Crippen molar-refractivity contribution >= 4 is 33.3 Å². The van der Waals surface area contributed by atoms with Gasteiger partial charge in [0, 0.05) is 18.1 Å². The first-order chi connectivity index (χ1) is 13.3. The summed E-state index contributed by atoms with van der Waals surface area (Å²) < 4.78 is 28.1. The van der Waals surface area contributed by atoms with E-state index in [2.05, 4.69) is 9.71 Å². The van der Waals surface area contributed by atoms with Gasteiger partial charge in [-0.25, -0.2) is 13.4 Å². The second-order valence-corrected chi connectivity index (χ2v) is 9.17. The van der Waals surface area contributed by atoms with Crippen LogP contribution in [0.1, 0.15) is 36.1 Å². The van der Waals surface area contributed by atoms with Crippen LogP contribution in [0.5, 0.6) is 0 Å². The number of nitrogens with one attached hydrogen (secondary N) is 1. The minimum absolute atomic E-state index is 0.0253. The standard InChI is InChI=1S/C20H24ClN3O3S/c1-14-11-16(13-20(25)24-9-4-3-5-10-24)22-19(12-14)23-28(26,27)18-8-6-7-17(21)15(18)2/h6-8,11-12H,3-5,9-10,13H2,1-2H3,(H,22,23). The van der Waals surface area contributed by atoms with E-state index < -0.39 is 10.0 Å². The van der Waals surface area contributed by atoms with Gasteiger partial charge >= 0.3 is 0 Å². The number of carbonyl (C=O) groups excluding carboxylic acids is 1. The molecule has 0 radical (unpaired) electrons. The molecule has 1 N–H and O–H groups in total. The van der Waals surface area contributed by atoms with Crippen molar-refractivity contribution in [2.24, 2.45) is 0 Å². The molecule has 1 aliphatic rings. The SMILES string of the molecule is Cc1cc(CC(=O)N2CCCCC2)nc(NS(=O)(=O)c2cccc(Cl)c2C)c1. The maximum atomic E-state index is 12.8. The Morgan fingerprint density at radius 1 is 1.18 bits per heavy atom. The molecule has 1 amide bonds. The number of aryl methyl sites for hydroxylation is 1. The molecular formula is C20H24ClN3O3S. The first kappa shape index (κ1) is 20.6. The Bertz CT molecular complexity index is 986. The molecule has 0 atom stereocenters. The zero-order valence-electron chi connectivity index (χ0n) is 16.0. The van der Waals surface area contributed by atoms with Gasteiger partial charge in [0.2, 0.25) is 5.91 Å². The van der Waals surface area contributed by atoms with E-state index in [0.29, 0.717) is 16.3 Å². The van der Waals surface area contributed by atoms with E-state index in [4.69, 9.17) is 11.6 Å². The number of pyridine rings is 1. The molecule has 0 saturated carbocycles. The number of halogens is 1. The quantitative estimate of drug-likeness (QED) is 0.798. The van der Waals surface area contributed by atoms with Crippen molar-refractivity contribution in [2.45, 2.75) is 44.4 Å². The molecule has 0 aliphatic carbocycles. The molecular weight excluding hydrogens is 398 g/mol. The van der Waals surface area contributed by atoms with Crippen molar-refractivity contribution < 1.29 is 13.2 Å². The van der Waals surface area contributed by atoms with Crippen LogP contribution >= 0.6 is 11.6 Å². The van der Waals surface area contributed by atoms with Gasteiger partial charge in [0.25, 0.3) is 10.0 Å². The number of carbonyl (C=O) groups is 1. The number of hydrogen-bond donors (Lipinski definition) is 1. The van der Waals surface area contributed by atoms with Crippen LogP contribution in [0.3, 0.4) is 0 Å². The summed E-state index contributed by atoms with van der Waals surface area (Å²) in [7, 11) is -3.84. The van der Waals surface area contributed by atoms with Crippen molar-refractivity contribution in [1.82, 2.24) is 9.88 Å². The molecule has 2 aromatic rings. The Morgan fingerprint density at radius 3 is 2.61 bits per heavy atom. The Morgan fingerprint density at radius 2 is 1.89 bits per heavy atom. The molecule has 8 heteroatoms. The van der Waals surface area contributed by atoms with Crippen LogP contribution < -0.4 is 4.72 Å². The predicted octanol–water partition coefficient (Wildman–Crippen LogP) is 3.71. The molecule has 1 aromatic heterocycles. The van der Waals surface area contributed by atoms with Crippen LogP contribution in [-0.4, -0.2) is 37.3 Å². The van der Waals surface area contributed by atoms with Gasteiger partial charge < -0.3 is 4.90 Å². The van der Waals surface area contributed by atoms with E-state index in [1.165, 1.54) is 6.07 Å². The van der Waals surface area contributed by atoms with Gasteiger partial charge in [0.1, 0.15) is 5.82 Å². The lowest BCUT2D eigenvalue weighted by Gasteiger charge is -2.26. The summed E-state index contributed by atoms with van der Waals surface area (Å²) in [6.45, 7) is 5.05. The number of likely N-dealkylation sites (tertiary alicyclic amines) is 1. The third-order valence-corrected chi connectivity index (χ3v) is 6.72. The number of hydrogen-bond acceptors (Lipinski definition) is 4. The molecule has 0 spiro atoms. The molecule has 0 unspecified atom stereocenters. The topological polar surface area (TPSA) is 79.4 Å². The third-order valence-electron chi connectivity index (χ3n) is 4.81. The van der Waals surface area contributed by atoms with Crippen LogP contribution in [0.15, 0.2) is 35.2 Å². The average Bonchev–Trinajstić information content (AvgIpc) is 2.63. The first-order valence-electron chi connectivity index (χ1n) is 9.29. The van der Waals surface area contributed by atoms with Crippen LogP contribution in [0.25, 0.3) is 0 Å². The highest BCUT2D eigenvalue weighted by molar-refractivity contribution is 7.92. The number of piperidine rings is 1. The second kappa shape index (κ2) is 8.49. The fourth-order valence-corrected chi connectivity index (χ4v) is 4.85. The zero-order valence-corrected chi connectivity index (χ0v) is 17.6. The summed E-state index contributed by atoms with van der Waals surface area (Å²) >= 11 is 6.05. The summed E-state index contributed by atoms with van der Waals surface area (Å²) in [5.41, 5.74) is 1.86. The normalized spacial score (nSPS) is 14.8. The molecule has 6 nitrogen and oxygen atoms in total. The lowest BCUT2D eigenvalue weighted by atomic mass is 10.1. The summed E-state index contributed by atoms with van der Waals surface area (Å²) in [6, 6.07) is 8.19. The van der Waals surface area contributed by atoms with Crippen LogP contribution in [0.2, 0.25) is 5.02 Å². The molecule has 2 heterocycles. The number of benzene rings is 1. The van der Waals surface area contributed by atoms with E-state index in [-0.39, 0.29) is 23.0 Å². The lowest BCUT2D eigenvalue weighted by molar-refractivity contribution is -0.131. The molecule has 3 rings (SSSR count). The minimum Gasteiger partial charge on any atom is -0.342 e. The Hall–Kier alpha value is -2.12. The van der Waals surface area contributed by atoms with Gasteiger partial charge in [-0.1, -0.05) is 17.7 Å². The van der Waals surface area contributed by atoms with E-state index in [1.54, 1.807) is 25.1 Å². The zero-order chi connectivity index (χ0) is 20.3. The Labute approximate surface area is 171 Å². The maximum Gasteiger partial charge on any atom is 0.263 e. The van der Waals surface area contributed by atoms with Gasteiger partial charge in [-0.2, -0.15) is 0 Å². The number of aromatic nitrogens is 1. The number of anilines is 1. The van der Waals surface area contributed by atoms with Crippen molar-refractivity contribution in [3.63, 3.8) is 0 Å². The van der Waals surface area contributed by atoms with E-state index in [0.717, 1.165) is 37.9 Å². The molecule has 150 valence electrons. The second-order valence-electron chi connectivity index (χ2n) is 7.11. The largest absolute Gasteiger partial charge is 0.342 e. The van der Waals surface area contributed by atoms with E-state index in [1.807, 2.05) is 17.9 Å². The summed E-state index contributed by atoms with van der Waals surface area (Å²) in [6.07, 6.45) is 3.36. The Balaban J connectivity index is 1.81. The number of sulfonamides is 1. The highest BCUT2D eigenvalue weighted by atomic mass is 35.5. The first-order valence-corrected chi connectivity index (χ1v) is 11.2. The van der Waals surface area contributed by atoms with Crippen molar-refractivity contribution in [1.29, 1.82) is 0 Å². The van der Waals surface area contributed by atoms with Gasteiger partial charge in [-0.3, -0.25) is 9.52 Å². The molecule has 1 aliphatic heterocycles. The third kappa shape index (κ3) is 4.83. The minimum atomic E-state index is -3.84. The molecule has 28 heavy (non-hydrogen) atoms. The predicted molar refractivity (Wildman–Crippen MR) is 110 cm³/mol. The highest BCUT2D eigenvalue weighted by Crippen LogP contribution is 2.25. The molecule has 1 aromatic carbocycles. The highest BCUT2D eigenvalue weighted by Gasteiger charge is 2.21. The maximum absolute atomic E-state index is 12.8. The van der Waals surface area contributed by atoms with Crippen molar-refractivity contribution in [3.8, 4) is 0 Å². The summed E-state index contributed by atoms with van der Waals surface area (Å²) in [5, 5.41) is 0.382. The van der Waals surface area contributed by atoms with Gasteiger partial charge in [-0.15, -0.1) is 0 Å². The fraction of sp³-hybridized carbons (Fsp3) is 0.400. The number of nitrogens with zero attached hydrogens (tertiary/aromatic N) is 2. The molecule has 0 bridgehead atoms. The van der Waals surface area contributed by atoms with E-state index in [9.17, 15) is 13.2 Å². The van der Waals surface area contributed by atoms with Crippen LogP contribution in [0, 0.1) is 13.8 Å². The average molecular weight is 422 g/mol. The smallest absolute Gasteiger partial charge is 0.263 e. The summed E-state index contributed by atoms with van der Waals surface area (Å²) in [4.78, 5) is 18.8. The number of rotatable bonds is 5.